The van der Waals surface area contributed by atoms with Crippen LogP contribution in [-0.4, -0.2) is 74.1 Å². The van der Waals surface area contributed by atoms with E-state index in [0.29, 0.717) is 44.2 Å². The quantitative estimate of drug-likeness (QED) is 0.809. The number of ether oxygens (including phenoxy) is 2. The first-order valence-corrected chi connectivity index (χ1v) is 7.71. The minimum atomic E-state index is -4.40. The second kappa shape index (κ2) is 6.94. The zero-order valence-electron chi connectivity index (χ0n) is 13.0. The van der Waals surface area contributed by atoms with E-state index in [-0.39, 0.29) is 19.1 Å². The highest BCUT2D eigenvalue weighted by Crippen LogP contribution is 2.27. The molecule has 0 saturated carbocycles. The summed E-state index contributed by atoms with van der Waals surface area (Å²) in [5.74, 6) is 0.263. The van der Waals surface area contributed by atoms with E-state index in [2.05, 4.69) is 4.98 Å². The Bertz CT molecular complexity index is 574. The molecule has 0 aliphatic carbocycles. The fourth-order valence-corrected chi connectivity index (χ4v) is 2.70. The SMILES string of the molecule is O=C(c1ccc(N2CCO[C@H](C(F)(F)F)C2)nc1)N1CCOCC1. The van der Waals surface area contributed by atoms with Crippen molar-refractivity contribution in [3.05, 3.63) is 23.9 Å². The lowest BCUT2D eigenvalue weighted by molar-refractivity contribution is -0.221. The maximum absolute atomic E-state index is 12.8. The van der Waals surface area contributed by atoms with Crippen molar-refractivity contribution in [2.45, 2.75) is 12.3 Å². The maximum Gasteiger partial charge on any atom is 0.416 e. The van der Waals surface area contributed by atoms with Gasteiger partial charge in [-0.2, -0.15) is 13.2 Å². The van der Waals surface area contributed by atoms with Crippen LogP contribution in [0.25, 0.3) is 0 Å². The summed E-state index contributed by atoms with van der Waals surface area (Å²) < 4.78 is 48.3. The topological polar surface area (TPSA) is 54.9 Å². The van der Waals surface area contributed by atoms with Gasteiger partial charge in [0.05, 0.1) is 31.9 Å². The number of rotatable bonds is 2. The van der Waals surface area contributed by atoms with Gasteiger partial charge >= 0.3 is 6.18 Å². The first kappa shape index (κ1) is 17.0. The predicted octanol–water partition coefficient (Wildman–Crippen LogP) is 1.32. The summed E-state index contributed by atoms with van der Waals surface area (Å²) in [5, 5.41) is 0. The van der Waals surface area contributed by atoms with E-state index in [1.165, 1.54) is 11.1 Å². The summed E-state index contributed by atoms with van der Waals surface area (Å²) in [4.78, 5) is 19.7. The number of morpholine rings is 2. The van der Waals surface area contributed by atoms with Crippen LogP contribution in [0.3, 0.4) is 0 Å². The van der Waals surface area contributed by atoms with E-state index in [4.69, 9.17) is 9.47 Å². The molecular weight excluding hydrogens is 327 g/mol. The standard InChI is InChI=1S/C15H18F3N3O3/c16-15(17,18)12-10-21(5-8-24-12)13-2-1-11(9-19-13)14(22)20-3-6-23-7-4-20/h1-2,9,12H,3-8,10H2/t12-/m0/s1. The largest absolute Gasteiger partial charge is 0.416 e. The molecule has 1 aromatic rings. The molecule has 0 radical (unpaired) electrons. The number of pyridine rings is 1. The summed E-state index contributed by atoms with van der Waals surface area (Å²) in [6.07, 6.45) is -4.81. The van der Waals surface area contributed by atoms with E-state index in [9.17, 15) is 18.0 Å². The van der Waals surface area contributed by atoms with Gasteiger partial charge in [0.15, 0.2) is 6.10 Å². The summed E-state index contributed by atoms with van der Waals surface area (Å²) >= 11 is 0. The molecule has 3 rings (SSSR count). The third-order valence-electron chi connectivity index (χ3n) is 4.05. The van der Waals surface area contributed by atoms with Gasteiger partial charge in [-0.15, -0.1) is 0 Å². The number of nitrogens with zero attached hydrogens (tertiary/aromatic N) is 3. The van der Waals surface area contributed by atoms with Crippen LogP contribution in [0.1, 0.15) is 10.4 Å². The number of hydrogen-bond donors (Lipinski definition) is 0. The van der Waals surface area contributed by atoms with Gasteiger partial charge in [-0.25, -0.2) is 4.98 Å². The van der Waals surface area contributed by atoms with Gasteiger partial charge in [0.25, 0.3) is 5.91 Å². The maximum atomic E-state index is 12.8. The Morgan fingerprint density at radius 3 is 2.54 bits per heavy atom. The molecular formula is C15H18F3N3O3. The average Bonchev–Trinajstić information content (AvgIpc) is 2.61. The molecule has 2 saturated heterocycles. The monoisotopic (exact) mass is 345 g/mol. The number of hydrogen-bond acceptors (Lipinski definition) is 5. The fourth-order valence-electron chi connectivity index (χ4n) is 2.70. The molecule has 2 aliphatic rings. The summed E-state index contributed by atoms with van der Waals surface area (Å²) in [7, 11) is 0. The minimum absolute atomic E-state index is 0.0136. The Kier molecular flexibility index (Phi) is 4.91. The molecule has 1 aromatic heterocycles. The smallest absolute Gasteiger partial charge is 0.378 e. The fraction of sp³-hybridized carbons (Fsp3) is 0.600. The van der Waals surface area contributed by atoms with E-state index in [0.717, 1.165) is 0 Å². The first-order valence-electron chi connectivity index (χ1n) is 7.71. The summed E-state index contributed by atoms with van der Waals surface area (Å²) in [6.45, 7) is 2.08. The van der Waals surface area contributed by atoms with E-state index >= 15 is 0 Å². The molecule has 1 amide bonds. The van der Waals surface area contributed by atoms with Crippen LogP contribution in [0.15, 0.2) is 18.3 Å². The molecule has 2 fully saturated rings. The molecule has 2 aliphatic heterocycles. The van der Waals surface area contributed by atoms with Gasteiger partial charge in [0.1, 0.15) is 5.82 Å². The lowest BCUT2D eigenvalue weighted by Gasteiger charge is -2.34. The van der Waals surface area contributed by atoms with Crippen LogP contribution in [0, 0.1) is 0 Å². The average molecular weight is 345 g/mol. The van der Waals surface area contributed by atoms with Crippen LogP contribution in [-0.2, 0) is 9.47 Å². The van der Waals surface area contributed by atoms with Crippen molar-refractivity contribution in [3.8, 4) is 0 Å². The molecule has 132 valence electrons. The van der Waals surface area contributed by atoms with Crippen LogP contribution >= 0.6 is 0 Å². The van der Waals surface area contributed by atoms with Gasteiger partial charge in [0.2, 0.25) is 0 Å². The first-order chi connectivity index (χ1) is 11.4. The minimum Gasteiger partial charge on any atom is -0.378 e. The highest BCUT2D eigenvalue weighted by molar-refractivity contribution is 5.94. The van der Waals surface area contributed by atoms with Crippen molar-refractivity contribution >= 4 is 11.7 Å². The van der Waals surface area contributed by atoms with Crippen molar-refractivity contribution < 1.29 is 27.4 Å². The van der Waals surface area contributed by atoms with Crippen molar-refractivity contribution in [2.75, 3.05) is 50.9 Å². The zero-order chi connectivity index (χ0) is 17.2. The number of carbonyl (C=O) groups excluding carboxylic acids is 1. The zero-order valence-corrected chi connectivity index (χ0v) is 13.0. The van der Waals surface area contributed by atoms with Gasteiger partial charge < -0.3 is 19.3 Å². The second-order valence-corrected chi connectivity index (χ2v) is 5.66. The second-order valence-electron chi connectivity index (χ2n) is 5.66. The number of carbonyl (C=O) groups is 1. The van der Waals surface area contributed by atoms with E-state index < -0.39 is 12.3 Å². The Balaban J connectivity index is 1.66. The normalized spacial score (nSPS) is 22.5. The Labute approximate surface area is 137 Å². The lowest BCUT2D eigenvalue weighted by atomic mass is 10.2. The van der Waals surface area contributed by atoms with Gasteiger partial charge in [-0.05, 0) is 12.1 Å². The van der Waals surface area contributed by atoms with E-state index in [1.54, 1.807) is 17.0 Å². The molecule has 6 nitrogen and oxygen atoms in total. The van der Waals surface area contributed by atoms with Gasteiger partial charge in [-0.1, -0.05) is 0 Å². The number of anilines is 1. The number of aromatic nitrogens is 1. The van der Waals surface area contributed by atoms with Crippen molar-refractivity contribution in [1.82, 2.24) is 9.88 Å². The van der Waals surface area contributed by atoms with Crippen LogP contribution in [0.4, 0.5) is 19.0 Å². The number of amides is 1. The Hall–Kier alpha value is -1.87. The van der Waals surface area contributed by atoms with Crippen molar-refractivity contribution in [3.63, 3.8) is 0 Å². The summed E-state index contributed by atoms with van der Waals surface area (Å²) in [6, 6.07) is 3.17. The molecule has 1 atom stereocenters. The Morgan fingerprint density at radius 1 is 1.17 bits per heavy atom. The molecule has 0 N–H and O–H groups in total. The molecule has 9 heteroatoms. The van der Waals surface area contributed by atoms with Gasteiger partial charge in [-0.3, -0.25) is 4.79 Å². The van der Waals surface area contributed by atoms with E-state index in [1.807, 2.05) is 0 Å². The highest BCUT2D eigenvalue weighted by Gasteiger charge is 2.43. The van der Waals surface area contributed by atoms with Crippen LogP contribution in [0.5, 0.6) is 0 Å². The molecule has 0 spiro atoms. The molecule has 0 bridgehead atoms. The third kappa shape index (κ3) is 3.78. The highest BCUT2D eigenvalue weighted by atomic mass is 19.4. The third-order valence-corrected chi connectivity index (χ3v) is 4.05. The number of alkyl halides is 3. The van der Waals surface area contributed by atoms with Crippen LogP contribution < -0.4 is 4.90 Å². The molecule has 24 heavy (non-hydrogen) atoms. The predicted molar refractivity (Wildman–Crippen MR) is 79.0 cm³/mol. The summed E-state index contributed by atoms with van der Waals surface area (Å²) in [5.41, 5.74) is 0.418. The number of halogens is 3. The Morgan fingerprint density at radius 2 is 1.92 bits per heavy atom. The van der Waals surface area contributed by atoms with Gasteiger partial charge in [0, 0.05) is 25.8 Å². The van der Waals surface area contributed by atoms with Crippen molar-refractivity contribution in [1.29, 1.82) is 0 Å². The lowest BCUT2D eigenvalue weighted by Crippen LogP contribution is -2.49. The molecule has 0 aromatic carbocycles. The molecule has 3 heterocycles. The molecule has 0 unspecified atom stereocenters. The van der Waals surface area contributed by atoms with Crippen LogP contribution in [0.2, 0.25) is 0 Å². The van der Waals surface area contributed by atoms with Crippen molar-refractivity contribution in [2.24, 2.45) is 0 Å².